The SMILES string of the molecule is C[C@@H](c1ccc(-c2ccc(F)cc2)cc1)N1CC[C@](CC(C)(C)C(N)=O)(c2ccccc2)OC1=O. The van der Waals surface area contributed by atoms with Gasteiger partial charge in [-0.25, -0.2) is 9.18 Å². The third-order valence-electron chi connectivity index (χ3n) is 7.01. The van der Waals surface area contributed by atoms with E-state index in [9.17, 15) is 14.0 Å². The Kier molecular flexibility index (Phi) is 6.66. The van der Waals surface area contributed by atoms with Crippen molar-refractivity contribution in [3.05, 3.63) is 95.8 Å². The predicted octanol–water partition coefficient (Wildman–Crippen LogP) is 6.19. The van der Waals surface area contributed by atoms with Crippen molar-refractivity contribution in [2.45, 2.75) is 45.3 Å². The van der Waals surface area contributed by atoms with Crippen LogP contribution in [-0.2, 0) is 15.1 Å². The van der Waals surface area contributed by atoms with Crippen molar-refractivity contribution in [1.29, 1.82) is 0 Å². The number of rotatable bonds is 7. The number of hydrogen-bond acceptors (Lipinski definition) is 3. The topological polar surface area (TPSA) is 72.6 Å². The Morgan fingerprint density at radius 1 is 1.03 bits per heavy atom. The van der Waals surface area contributed by atoms with E-state index in [2.05, 4.69) is 0 Å². The lowest BCUT2D eigenvalue weighted by molar-refractivity contribution is -0.133. The fourth-order valence-corrected chi connectivity index (χ4v) is 4.77. The first-order chi connectivity index (χ1) is 16.6. The van der Waals surface area contributed by atoms with Crippen LogP contribution in [0.15, 0.2) is 78.9 Å². The Morgan fingerprint density at radius 3 is 2.14 bits per heavy atom. The molecule has 1 heterocycles. The highest BCUT2D eigenvalue weighted by atomic mass is 19.1. The summed E-state index contributed by atoms with van der Waals surface area (Å²) < 4.78 is 19.4. The molecule has 1 aliphatic heterocycles. The number of primary amides is 1. The van der Waals surface area contributed by atoms with Gasteiger partial charge in [-0.15, -0.1) is 0 Å². The summed E-state index contributed by atoms with van der Waals surface area (Å²) in [6.07, 6.45) is 0.424. The van der Waals surface area contributed by atoms with E-state index in [0.717, 1.165) is 22.3 Å². The molecule has 0 saturated carbocycles. The standard InChI is InChI=1S/C29H31FN2O3/c1-20(21-9-11-22(12-10-21)23-13-15-25(30)16-14-23)32-18-17-29(35-27(32)34,19-28(2,3)26(31)33)24-7-5-4-6-8-24/h4-16,20H,17-19H2,1-3H3,(H2,31,33)/t20-,29-/m0/s1. The van der Waals surface area contributed by atoms with E-state index in [-0.39, 0.29) is 11.9 Å². The molecule has 4 rings (SSSR count). The summed E-state index contributed by atoms with van der Waals surface area (Å²) in [4.78, 5) is 27.1. The normalized spacial score (nSPS) is 19.2. The van der Waals surface area contributed by atoms with Gasteiger partial charge in [0.05, 0.1) is 6.04 Å². The molecule has 1 fully saturated rings. The lowest BCUT2D eigenvalue weighted by atomic mass is 9.74. The molecule has 0 aromatic heterocycles. The summed E-state index contributed by atoms with van der Waals surface area (Å²) in [5, 5.41) is 0. The van der Waals surface area contributed by atoms with E-state index >= 15 is 0 Å². The highest BCUT2D eigenvalue weighted by molar-refractivity contribution is 5.80. The Labute approximate surface area is 205 Å². The van der Waals surface area contributed by atoms with E-state index in [1.807, 2.05) is 61.5 Å². The number of carbonyl (C=O) groups excluding carboxylic acids is 2. The summed E-state index contributed by atoms with van der Waals surface area (Å²) in [7, 11) is 0. The Morgan fingerprint density at radius 2 is 1.60 bits per heavy atom. The van der Waals surface area contributed by atoms with Gasteiger partial charge in [-0.3, -0.25) is 4.79 Å². The summed E-state index contributed by atoms with van der Waals surface area (Å²) in [5.74, 6) is -0.700. The highest BCUT2D eigenvalue weighted by Crippen LogP contribution is 2.44. The van der Waals surface area contributed by atoms with E-state index in [0.29, 0.717) is 19.4 Å². The smallest absolute Gasteiger partial charge is 0.411 e. The number of hydrogen-bond donors (Lipinski definition) is 1. The van der Waals surface area contributed by atoms with Crippen molar-refractivity contribution in [3.8, 4) is 11.1 Å². The van der Waals surface area contributed by atoms with Gasteiger partial charge in [0.25, 0.3) is 0 Å². The zero-order chi connectivity index (χ0) is 25.2. The van der Waals surface area contributed by atoms with E-state index in [1.54, 1.807) is 30.9 Å². The maximum atomic E-state index is 13.3. The molecular weight excluding hydrogens is 443 g/mol. The average molecular weight is 475 g/mol. The number of benzene rings is 3. The van der Waals surface area contributed by atoms with Gasteiger partial charge in [0.2, 0.25) is 5.91 Å². The van der Waals surface area contributed by atoms with Crippen molar-refractivity contribution in [1.82, 2.24) is 4.90 Å². The van der Waals surface area contributed by atoms with Gasteiger partial charge in [0.1, 0.15) is 11.4 Å². The van der Waals surface area contributed by atoms with Gasteiger partial charge >= 0.3 is 6.09 Å². The fraction of sp³-hybridized carbons (Fsp3) is 0.310. The monoisotopic (exact) mass is 474 g/mol. The minimum atomic E-state index is -0.931. The molecule has 35 heavy (non-hydrogen) atoms. The molecule has 0 aliphatic carbocycles. The molecule has 6 heteroatoms. The highest BCUT2D eigenvalue weighted by Gasteiger charge is 2.48. The van der Waals surface area contributed by atoms with Crippen LogP contribution in [0, 0.1) is 11.2 Å². The van der Waals surface area contributed by atoms with Crippen LogP contribution >= 0.6 is 0 Å². The number of halogens is 1. The zero-order valence-electron chi connectivity index (χ0n) is 20.3. The van der Waals surface area contributed by atoms with Gasteiger partial charge in [-0.05, 0) is 41.3 Å². The van der Waals surface area contributed by atoms with Crippen molar-refractivity contribution in [2.24, 2.45) is 11.1 Å². The number of amides is 2. The fourth-order valence-electron chi connectivity index (χ4n) is 4.77. The molecule has 182 valence electrons. The number of cyclic esters (lactones) is 1. The van der Waals surface area contributed by atoms with E-state index in [1.165, 1.54) is 12.1 Å². The van der Waals surface area contributed by atoms with Gasteiger partial charge in [-0.1, -0.05) is 80.6 Å². The van der Waals surface area contributed by atoms with Crippen LogP contribution in [-0.4, -0.2) is 23.4 Å². The van der Waals surface area contributed by atoms with Crippen LogP contribution in [0.1, 0.15) is 50.8 Å². The molecule has 3 aromatic carbocycles. The second kappa shape index (κ2) is 9.53. The molecule has 1 saturated heterocycles. The first-order valence-electron chi connectivity index (χ1n) is 11.8. The Balaban J connectivity index is 1.55. The largest absolute Gasteiger partial charge is 0.438 e. The van der Waals surface area contributed by atoms with Crippen molar-refractivity contribution < 1.29 is 18.7 Å². The second-order valence-electron chi connectivity index (χ2n) is 9.90. The third-order valence-corrected chi connectivity index (χ3v) is 7.01. The van der Waals surface area contributed by atoms with Crippen LogP contribution in [0.3, 0.4) is 0 Å². The summed E-state index contributed by atoms with van der Waals surface area (Å²) in [6, 6.07) is 23.6. The summed E-state index contributed by atoms with van der Waals surface area (Å²) in [5.41, 5.74) is 7.61. The first-order valence-corrected chi connectivity index (χ1v) is 11.8. The van der Waals surface area contributed by atoms with Crippen LogP contribution < -0.4 is 5.73 Å². The number of carbonyl (C=O) groups is 2. The summed E-state index contributed by atoms with van der Waals surface area (Å²) in [6.45, 7) is 6.01. The van der Waals surface area contributed by atoms with Crippen molar-refractivity contribution in [3.63, 3.8) is 0 Å². The Bertz CT molecular complexity index is 1190. The lowest BCUT2D eigenvalue weighted by Crippen LogP contribution is -2.51. The number of ether oxygens (including phenoxy) is 1. The van der Waals surface area contributed by atoms with Crippen LogP contribution in [0.4, 0.5) is 9.18 Å². The quantitative estimate of drug-likeness (QED) is 0.444. The van der Waals surface area contributed by atoms with Gasteiger partial charge in [-0.2, -0.15) is 0 Å². The molecule has 0 bridgehead atoms. The van der Waals surface area contributed by atoms with Crippen molar-refractivity contribution >= 4 is 12.0 Å². The van der Waals surface area contributed by atoms with Gasteiger partial charge < -0.3 is 15.4 Å². The van der Waals surface area contributed by atoms with Gasteiger partial charge in [0.15, 0.2) is 0 Å². The maximum Gasteiger partial charge on any atom is 0.411 e. The molecule has 0 spiro atoms. The minimum absolute atomic E-state index is 0.206. The number of nitrogens with zero attached hydrogens (tertiary/aromatic N) is 1. The van der Waals surface area contributed by atoms with Crippen LogP contribution in [0.2, 0.25) is 0 Å². The molecule has 3 aromatic rings. The van der Waals surface area contributed by atoms with Crippen LogP contribution in [0.25, 0.3) is 11.1 Å². The third kappa shape index (κ3) is 5.06. The second-order valence-corrected chi connectivity index (χ2v) is 9.90. The molecule has 2 N–H and O–H groups in total. The molecule has 5 nitrogen and oxygen atoms in total. The number of nitrogens with two attached hydrogens (primary N) is 1. The van der Waals surface area contributed by atoms with E-state index in [4.69, 9.17) is 10.5 Å². The molecule has 2 amide bonds. The maximum absolute atomic E-state index is 13.3. The van der Waals surface area contributed by atoms with Crippen molar-refractivity contribution in [2.75, 3.05) is 6.54 Å². The molecule has 2 atom stereocenters. The average Bonchev–Trinajstić information content (AvgIpc) is 2.84. The molecule has 0 unspecified atom stereocenters. The minimum Gasteiger partial charge on any atom is -0.438 e. The predicted molar refractivity (Wildman–Crippen MR) is 134 cm³/mol. The molecular formula is C29H31FN2O3. The Hall–Kier alpha value is -3.67. The van der Waals surface area contributed by atoms with Crippen LogP contribution in [0.5, 0.6) is 0 Å². The summed E-state index contributed by atoms with van der Waals surface area (Å²) >= 11 is 0. The zero-order valence-corrected chi connectivity index (χ0v) is 20.3. The van der Waals surface area contributed by atoms with Gasteiger partial charge in [0, 0.05) is 24.8 Å². The molecule has 0 radical (unpaired) electrons. The van der Waals surface area contributed by atoms with E-state index < -0.39 is 23.0 Å². The first kappa shape index (κ1) is 24.5. The molecule has 1 aliphatic rings. The lowest BCUT2D eigenvalue weighted by Gasteiger charge is -2.46.